The highest BCUT2D eigenvalue weighted by atomic mass is 79.9. The molecular formula is C20H25BrN2O3. The third kappa shape index (κ3) is 4.74. The van der Waals surface area contributed by atoms with Crippen molar-refractivity contribution in [3.8, 4) is 11.1 Å². The Morgan fingerprint density at radius 2 is 1.88 bits per heavy atom. The topological polar surface area (TPSA) is 64.4 Å². The molecule has 0 bridgehead atoms. The zero-order valence-electron chi connectivity index (χ0n) is 15.0. The monoisotopic (exact) mass is 420 g/mol. The fourth-order valence-corrected chi connectivity index (χ4v) is 4.47. The number of ether oxygens (including phenoxy) is 1. The predicted molar refractivity (Wildman–Crippen MR) is 104 cm³/mol. The Balaban J connectivity index is 1.57. The highest BCUT2D eigenvalue weighted by molar-refractivity contribution is 9.10. The maximum Gasteiger partial charge on any atom is 0.329 e. The molecule has 0 aliphatic heterocycles. The van der Waals surface area contributed by atoms with E-state index in [1.165, 1.54) is 16.8 Å². The highest BCUT2D eigenvalue weighted by Crippen LogP contribution is 2.34. The quantitative estimate of drug-likeness (QED) is 0.714. The molecule has 0 atom stereocenters. The number of carboxylic acid groups (broad SMARTS) is 1. The van der Waals surface area contributed by atoms with Crippen LogP contribution < -0.4 is 0 Å². The number of carboxylic acids is 1. The van der Waals surface area contributed by atoms with Crippen LogP contribution in [0.25, 0.3) is 11.1 Å². The third-order valence-electron chi connectivity index (χ3n) is 5.20. The first-order chi connectivity index (χ1) is 12.5. The highest BCUT2D eigenvalue weighted by Gasteiger charge is 2.24. The molecule has 26 heavy (non-hydrogen) atoms. The molecule has 3 rings (SSSR count). The van der Waals surface area contributed by atoms with E-state index >= 15 is 0 Å². The van der Waals surface area contributed by atoms with Crippen LogP contribution in [0.4, 0.5) is 0 Å². The van der Waals surface area contributed by atoms with Gasteiger partial charge in [-0.05, 0) is 65.9 Å². The van der Waals surface area contributed by atoms with Gasteiger partial charge in [-0.2, -0.15) is 5.10 Å². The van der Waals surface area contributed by atoms with Gasteiger partial charge >= 0.3 is 5.97 Å². The summed E-state index contributed by atoms with van der Waals surface area (Å²) in [6.07, 6.45) is 4.46. The summed E-state index contributed by atoms with van der Waals surface area (Å²) in [5.74, 6) is 0.198. The molecule has 140 valence electrons. The summed E-state index contributed by atoms with van der Waals surface area (Å²) in [5, 5.41) is 13.4. The molecule has 0 radical (unpaired) electrons. The number of carbonyl (C=O) groups is 1. The van der Waals surface area contributed by atoms with Gasteiger partial charge in [0.05, 0.1) is 6.61 Å². The van der Waals surface area contributed by atoms with Gasteiger partial charge in [-0.3, -0.25) is 4.68 Å². The maximum atomic E-state index is 10.5. The van der Waals surface area contributed by atoms with Gasteiger partial charge in [0, 0.05) is 17.8 Å². The standard InChI is InChI=1S/C20H25BrN2O3/c1-14-19(17-5-3-2-4-6-17)20(21)22-23(14)11-15-7-9-16(10-8-15)12-26-13-18(24)25/h2-6,15-16H,7-13H2,1H3,(H,24,25)/t15-,16-. The second-order valence-corrected chi connectivity index (χ2v) is 7.85. The average molecular weight is 421 g/mol. The molecule has 0 saturated heterocycles. The van der Waals surface area contributed by atoms with Crippen LogP contribution in [0, 0.1) is 18.8 Å². The number of aliphatic carboxylic acids is 1. The van der Waals surface area contributed by atoms with Gasteiger partial charge in [-0.25, -0.2) is 4.79 Å². The molecule has 2 aromatic rings. The van der Waals surface area contributed by atoms with Gasteiger partial charge < -0.3 is 9.84 Å². The van der Waals surface area contributed by atoms with Crippen LogP contribution >= 0.6 is 15.9 Å². The van der Waals surface area contributed by atoms with Crippen LogP contribution in [-0.4, -0.2) is 34.1 Å². The zero-order chi connectivity index (χ0) is 18.5. The van der Waals surface area contributed by atoms with Crippen molar-refractivity contribution in [3.05, 3.63) is 40.6 Å². The molecule has 1 aromatic heterocycles. The van der Waals surface area contributed by atoms with Crippen LogP contribution in [0.3, 0.4) is 0 Å². The number of nitrogens with zero attached hydrogens (tertiary/aromatic N) is 2. The summed E-state index contributed by atoms with van der Waals surface area (Å²) < 4.78 is 8.28. The minimum absolute atomic E-state index is 0.192. The molecule has 1 heterocycles. The summed E-state index contributed by atoms with van der Waals surface area (Å²) in [6, 6.07) is 10.3. The number of hydrogen-bond donors (Lipinski definition) is 1. The van der Waals surface area contributed by atoms with E-state index < -0.39 is 5.97 Å². The van der Waals surface area contributed by atoms with Crippen molar-refractivity contribution in [3.63, 3.8) is 0 Å². The predicted octanol–water partition coefficient (Wildman–Crippen LogP) is 4.53. The fourth-order valence-electron chi connectivity index (χ4n) is 3.76. The van der Waals surface area contributed by atoms with E-state index in [0.29, 0.717) is 18.4 Å². The van der Waals surface area contributed by atoms with Crippen molar-refractivity contribution in [2.75, 3.05) is 13.2 Å². The SMILES string of the molecule is Cc1c(-c2ccccc2)c(Br)nn1C[C@H]1CC[C@H](COCC(=O)O)CC1. The molecule has 1 aliphatic carbocycles. The minimum atomic E-state index is -0.896. The van der Waals surface area contributed by atoms with E-state index in [-0.39, 0.29) is 6.61 Å². The number of hydrogen-bond acceptors (Lipinski definition) is 3. The van der Waals surface area contributed by atoms with Gasteiger partial charge in [-0.1, -0.05) is 30.3 Å². The van der Waals surface area contributed by atoms with Crippen LogP contribution in [0.5, 0.6) is 0 Å². The van der Waals surface area contributed by atoms with Crippen LogP contribution in [-0.2, 0) is 16.1 Å². The molecule has 1 aromatic carbocycles. The smallest absolute Gasteiger partial charge is 0.329 e. The number of benzene rings is 1. The van der Waals surface area contributed by atoms with Gasteiger partial charge in [0.2, 0.25) is 0 Å². The first-order valence-electron chi connectivity index (χ1n) is 9.12. The molecule has 0 amide bonds. The molecular weight excluding hydrogens is 396 g/mol. The van der Waals surface area contributed by atoms with E-state index in [1.807, 2.05) is 18.2 Å². The first-order valence-corrected chi connectivity index (χ1v) is 9.91. The molecule has 6 heteroatoms. The van der Waals surface area contributed by atoms with E-state index in [0.717, 1.165) is 36.8 Å². The summed E-state index contributed by atoms with van der Waals surface area (Å²) in [6.45, 7) is 3.43. The maximum absolute atomic E-state index is 10.5. The molecule has 1 saturated carbocycles. The first kappa shape index (κ1) is 19.1. The van der Waals surface area contributed by atoms with Crippen molar-refractivity contribution in [1.82, 2.24) is 9.78 Å². The molecule has 1 aliphatic rings. The minimum Gasteiger partial charge on any atom is -0.480 e. The van der Waals surface area contributed by atoms with Crippen LogP contribution in [0.1, 0.15) is 31.4 Å². The lowest BCUT2D eigenvalue weighted by Crippen LogP contribution is -2.23. The Morgan fingerprint density at radius 1 is 1.23 bits per heavy atom. The number of halogens is 1. The van der Waals surface area contributed by atoms with Crippen molar-refractivity contribution >= 4 is 21.9 Å². The Labute approximate surface area is 162 Å². The Kier molecular flexibility index (Phi) is 6.48. The van der Waals surface area contributed by atoms with E-state index in [9.17, 15) is 4.79 Å². The second kappa shape index (κ2) is 8.82. The van der Waals surface area contributed by atoms with Crippen molar-refractivity contribution in [2.24, 2.45) is 11.8 Å². The molecule has 0 spiro atoms. The van der Waals surface area contributed by atoms with Gasteiger partial charge in [0.25, 0.3) is 0 Å². The lowest BCUT2D eigenvalue weighted by Gasteiger charge is -2.28. The number of aromatic nitrogens is 2. The molecule has 5 nitrogen and oxygen atoms in total. The third-order valence-corrected chi connectivity index (χ3v) is 5.76. The van der Waals surface area contributed by atoms with E-state index in [2.05, 4.69) is 39.7 Å². The molecule has 1 N–H and O–H groups in total. The number of rotatable bonds is 7. The van der Waals surface area contributed by atoms with Crippen LogP contribution in [0.15, 0.2) is 34.9 Å². The average Bonchev–Trinajstić information content (AvgIpc) is 2.90. The summed E-state index contributed by atoms with van der Waals surface area (Å²) in [5.41, 5.74) is 3.54. The van der Waals surface area contributed by atoms with Gasteiger partial charge in [0.1, 0.15) is 11.2 Å². The Morgan fingerprint density at radius 3 is 2.54 bits per heavy atom. The summed E-state index contributed by atoms with van der Waals surface area (Å²) in [4.78, 5) is 10.5. The lowest BCUT2D eigenvalue weighted by atomic mass is 9.82. The second-order valence-electron chi connectivity index (χ2n) is 7.09. The molecule has 1 fully saturated rings. The largest absolute Gasteiger partial charge is 0.480 e. The zero-order valence-corrected chi connectivity index (χ0v) is 16.6. The van der Waals surface area contributed by atoms with E-state index in [1.54, 1.807) is 0 Å². The Hall–Kier alpha value is -1.66. The fraction of sp³-hybridized carbons (Fsp3) is 0.500. The summed E-state index contributed by atoms with van der Waals surface area (Å²) in [7, 11) is 0. The van der Waals surface area contributed by atoms with Crippen LogP contribution in [0.2, 0.25) is 0 Å². The summed E-state index contributed by atoms with van der Waals surface area (Å²) >= 11 is 3.62. The van der Waals surface area contributed by atoms with Gasteiger partial charge in [0.15, 0.2) is 0 Å². The normalized spacial score (nSPS) is 20.2. The van der Waals surface area contributed by atoms with Crippen molar-refractivity contribution < 1.29 is 14.6 Å². The molecule has 0 unspecified atom stereocenters. The van der Waals surface area contributed by atoms with Crippen molar-refractivity contribution in [1.29, 1.82) is 0 Å². The van der Waals surface area contributed by atoms with Crippen molar-refractivity contribution in [2.45, 2.75) is 39.2 Å². The Bertz CT molecular complexity index is 737. The van der Waals surface area contributed by atoms with E-state index in [4.69, 9.17) is 14.9 Å². The van der Waals surface area contributed by atoms with Gasteiger partial charge in [-0.15, -0.1) is 0 Å². The lowest BCUT2D eigenvalue weighted by molar-refractivity contribution is -0.142.